The highest BCUT2D eigenvalue weighted by molar-refractivity contribution is 5.81. The topological polar surface area (TPSA) is 97.8 Å². The maximum atomic E-state index is 12.8. The summed E-state index contributed by atoms with van der Waals surface area (Å²) < 4.78 is 11.0. The monoisotopic (exact) mass is 334 g/mol. The molecule has 4 atom stereocenters. The lowest BCUT2D eigenvalue weighted by molar-refractivity contribution is -0.147. The number of ether oxygens (including phenoxy) is 2. The van der Waals surface area contributed by atoms with Crippen molar-refractivity contribution in [3.63, 3.8) is 0 Å². The van der Waals surface area contributed by atoms with E-state index in [4.69, 9.17) is 9.47 Å². The van der Waals surface area contributed by atoms with Crippen LogP contribution < -0.4 is 10.1 Å². The summed E-state index contributed by atoms with van der Waals surface area (Å²) >= 11 is 0. The molecule has 1 amide bonds. The zero-order chi connectivity index (χ0) is 17.1. The number of hydrogen-bond acceptors (Lipinski definition) is 5. The van der Waals surface area contributed by atoms with Crippen molar-refractivity contribution in [3.05, 3.63) is 24.0 Å². The number of aliphatic carboxylic acids is 1. The average Bonchev–Trinajstić information content (AvgIpc) is 2.61. The molecule has 130 valence electrons. The molecule has 24 heavy (non-hydrogen) atoms. The zero-order valence-electron chi connectivity index (χ0n) is 13.6. The summed E-state index contributed by atoms with van der Waals surface area (Å²) in [5.41, 5.74) is 0.719. The Morgan fingerprint density at radius 3 is 2.96 bits per heavy atom. The number of carbonyl (C=O) groups is 2. The first-order valence-electron chi connectivity index (χ1n) is 8.24. The van der Waals surface area contributed by atoms with Gasteiger partial charge < -0.3 is 19.9 Å². The van der Waals surface area contributed by atoms with E-state index in [1.165, 1.54) is 0 Å². The normalized spacial score (nSPS) is 29.2. The molecule has 4 unspecified atom stereocenters. The van der Waals surface area contributed by atoms with Crippen LogP contribution in [-0.4, -0.2) is 41.8 Å². The molecule has 7 heteroatoms. The lowest BCUT2D eigenvalue weighted by atomic mass is 9.78. The van der Waals surface area contributed by atoms with Gasteiger partial charge in [-0.1, -0.05) is 0 Å². The van der Waals surface area contributed by atoms with Crippen molar-refractivity contribution in [2.24, 2.45) is 11.8 Å². The van der Waals surface area contributed by atoms with E-state index in [-0.39, 0.29) is 18.1 Å². The average molecular weight is 334 g/mol. The number of rotatable bonds is 4. The van der Waals surface area contributed by atoms with E-state index in [9.17, 15) is 14.7 Å². The number of carboxylic acids is 1. The third-order valence-electron chi connectivity index (χ3n) is 4.89. The molecule has 0 radical (unpaired) electrons. The van der Waals surface area contributed by atoms with E-state index < -0.39 is 17.8 Å². The van der Waals surface area contributed by atoms with E-state index in [0.29, 0.717) is 38.0 Å². The molecule has 1 fully saturated rings. The Hall–Kier alpha value is -2.15. The Labute approximate surface area is 140 Å². The van der Waals surface area contributed by atoms with E-state index in [0.717, 1.165) is 5.69 Å². The van der Waals surface area contributed by atoms with Gasteiger partial charge in [0.1, 0.15) is 11.4 Å². The molecule has 2 N–H and O–H groups in total. The summed E-state index contributed by atoms with van der Waals surface area (Å²) in [5.74, 6) is -1.28. The molecule has 0 saturated heterocycles. The van der Waals surface area contributed by atoms with Crippen molar-refractivity contribution >= 4 is 11.9 Å². The van der Waals surface area contributed by atoms with E-state index in [1.807, 2.05) is 6.07 Å². The van der Waals surface area contributed by atoms with Crippen molar-refractivity contribution < 1.29 is 24.2 Å². The smallest absolute Gasteiger partial charge is 0.306 e. The molecule has 3 rings (SSSR count). The molecule has 0 bridgehead atoms. The third kappa shape index (κ3) is 3.36. The van der Waals surface area contributed by atoms with E-state index in [2.05, 4.69) is 10.3 Å². The molecule has 1 aromatic heterocycles. The van der Waals surface area contributed by atoms with Crippen LogP contribution in [0.5, 0.6) is 5.75 Å². The predicted molar refractivity (Wildman–Crippen MR) is 84.5 cm³/mol. The number of pyridine rings is 1. The minimum absolute atomic E-state index is 0.170. The molecule has 1 saturated carbocycles. The molecule has 1 aromatic rings. The summed E-state index contributed by atoms with van der Waals surface area (Å²) in [5, 5.41) is 12.3. The van der Waals surface area contributed by atoms with Gasteiger partial charge in [-0.05, 0) is 31.4 Å². The number of methoxy groups -OCH3 is 1. The molecule has 0 aromatic carbocycles. The van der Waals surface area contributed by atoms with Gasteiger partial charge in [-0.15, -0.1) is 0 Å². The molecule has 2 heterocycles. The summed E-state index contributed by atoms with van der Waals surface area (Å²) in [6.07, 6.45) is 3.49. The molecule has 7 nitrogen and oxygen atoms in total. The van der Waals surface area contributed by atoms with Crippen LogP contribution in [0.2, 0.25) is 0 Å². The first kappa shape index (κ1) is 16.7. The second-order valence-corrected chi connectivity index (χ2v) is 6.31. The van der Waals surface area contributed by atoms with Crippen molar-refractivity contribution in [2.75, 3.05) is 13.7 Å². The lowest BCUT2D eigenvalue weighted by Gasteiger charge is -2.34. The maximum Gasteiger partial charge on any atom is 0.306 e. The standard InChI is InChI=1S/C17H22N2O5/c1-23-13-5-4-10(17(21)22)9-11(13)16(20)19-12-6-8-24-14-3-2-7-18-15(12)14/h2-3,7,10-13H,4-6,8-9H2,1H3,(H,19,20)(H,21,22). The van der Waals surface area contributed by atoms with Crippen LogP contribution in [0, 0.1) is 11.8 Å². The van der Waals surface area contributed by atoms with Crippen molar-refractivity contribution in [2.45, 2.75) is 37.8 Å². The van der Waals surface area contributed by atoms with Gasteiger partial charge >= 0.3 is 5.97 Å². The molecule has 0 spiro atoms. The van der Waals surface area contributed by atoms with E-state index in [1.54, 1.807) is 19.4 Å². The minimum atomic E-state index is -0.847. The summed E-state index contributed by atoms with van der Waals surface area (Å²) in [4.78, 5) is 28.3. The van der Waals surface area contributed by atoms with Crippen molar-refractivity contribution in [1.29, 1.82) is 0 Å². The first-order valence-corrected chi connectivity index (χ1v) is 8.24. The number of hydrogen-bond donors (Lipinski definition) is 2. The number of fused-ring (bicyclic) bond motifs is 1. The van der Waals surface area contributed by atoms with Crippen LogP contribution >= 0.6 is 0 Å². The molecular weight excluding hydrogens is 312 g/mol. The number of aromatic nitrogens is 1. The largest absolute Gasteiger partial charge is 0.491 e. The van der Waals surface area contributed by atoms with Gasteiger partial charge in [0, 0.05) is 19.7 Å². The zero-order valence-corrected chi connectivity index (χ0v) is 13.6. The highest BCUT2D eigenvalue weighted by Crippen LogP contribution is 2.34. The fraction of sp³-hybridized carbons (Fsp3) is 0.588. The second kappa shape index (κ2) is 7.17. The minimum Gasteiger partial charge on any atom is -0.491 e. The fourth-order valence-corrected chi connectivity index (χ4v) is 3.55. The summed E-state index contributed by atoms with van der Waals surface area (Å²) in [7, 11) is 1.57. The second-order valence-electron chi connectivity index (χ2n) is 6.31. The number of carboxylic acid groups (broad SMARTS) is 1. The van der Waals surface area contributed by atoms with Crippen LogP contribution in [0.1, 0.15) is 37.4 Å². The Bertz CT molecular complexity index is 621. The van der Waals surface area contributed by atoms with Crippen molar-refractivity contribution in [3.8, 4) is 5.75 Å². The number of carbonyl (C=O) groups excluding carboxylic acids is 1. The predicted octanol–water partition coefficient (Wildman–Crippen LogP) is 1.54. The van der Waals surface area contributed by atoms with Gasteiger partial charge in [0.15, 0.2) is 0 Å². The number of nitrogens with one attached hydrogen (secondary N) is 1. The van der Waals surface area contributed by atoms with E-state index >= 15 is 0 Å². The van der Waals surface area contributed by atoms with Crippen LogP contribution in [-0.2, 0) is 14.3 Å². The Kier molecular flexibility index (Phi) is 4.99. The fourth-order valence-electron chi connectivity index (χ4n) is 3.55. The van der Waals surface area contributed by atoms with Crippen molar-refractivity contribution in [1.82, 2.24) is 10.3 Å². The highest BCUT2D eigenvalue weighted by Gasteiger charge is 2.39. The lowest BCUT2D eigenvalue weighted by Crippen LogP contribution is -2.45. The van der Waals surface area contributed by atoms with Crippen LogP contribution in [0.25, 0.3) is 0 Å². The Morgan fingerprint density at radius 2 is 2.21 bits per heavy atom. The Balaban J connectivity index is 1.72. The van der Waals surface area contributed by atoms with Gasteiger partial charge in [0.2, 0.25) is 5.91 Å². The van der Waals surface area contributed by atoms with Crippen LogP contribution in [0.3, 0.4) is 0 Å². The molecule has 1 aliphatic carbocycles. The first-order chi connectivity index (χ1) is 11.6. The van der Waals surface area contributed by atoms with Gasteiger partial charge in [-0.25, -0.2) is 0 Å². The number of nitrogens with zero attached hydrogens (tertiary/aromatic N) is 1. The molecule has 2 aliphatic rings. The van der Waals surface area contributed by atoms with Gasteiger partial charge in [-0.3, -0.25) is 14.6 Å². The molecular formula is C17H22N2O5. The molecule has 1 aliphatic heterocycles. The van der Waals surface area contributed by atoms with Crippen LogP contribution in [0.15, 0.2) is 18.3 Å². The third-order valence-corrected chi connectivity index (χ3v) is 4.89. The Morgan fingerprint density at radius 1 is 1.38 bits per heavy atom. The number of amides is 1. The van der Waals surface area contributed by atoms with Gasteiger partial charge in [0.25, 0.3) is 0 Å². The highest BCUT2D eigenvalue weighted by atomic mass is 16.5. The maximum absolute atomic E-state index is 12.8. The quantitative estimate of drug-likeness (QED) is 0.867. The van der Waals surface area contributed by atoms with Gasteiger partial charge in [-0.2, -0.15) is 0 Å². The van der Waals surface area contributed by atoms with Gasteiger partial charge in [0.05, 0.1) is 30.6 Å². The summed E-state index contributed by atoms with van der Waals surface area (Å²) in [6, 6.07) is 3.41. The summed E-state index contributed by atoms with van der Waals surface area (Å²) in [6.45, 7) is 0.514. The van der Waals surface area contributed by atoms with Crippen LogP contribution in [0.4, 0.5) is 0 Å². The SMILES string of the molecule is COC1CCC(C(=O)O)CC1C(=O)NC1CCOc2cccnc21.